The van der Waals surface area contributed by atoms with E-state index in [1.165, 1.54) is 0 Å². The molecule has 0 fully saturated rings. The molecule has 0 aromatic heterocycles. The summed E-state index contributed by atoms with van der Waals surface area (Å²) in [6.07, 6.45) is 2.47. The molecule has 10 nitrogen and oxygen atoms in total. The fourth-order valence-corrected chi connectivity index (χ4v) is 9.10. The number of carbonyl (C=O) groups excluding carboxylic acids is 2. The third kappa shape index (κ3) is 9.01. The summed E-state index contributed by atoms with van der Waals surface area (Å²) >= 11 is 3.18. The number of carbonyl (C=O) groups is 2. The van der Waals surface area contributed by atoms with Crippen molar-refractivity contribution in [3.8, 4) is 23.0 Å². The molecule has 54 heavy (non-hydrogen) atoms. The highest BCUT2D eigenvalue weighted by atomic mass is 32.2. The number of hydrogen-bond donors (Lipinski definition) is 0. The molecule has 2 unspecified atom stereocenters. The van der Waals surface area contributed by atoms with Crippen molar-refractivity contribution in [1.29, 1.82) is 0 Å². The lowest BCUT2D eigenvalue weighted by molar-refractivity contribution is -0.147. The van der Waals surface area contributed by atoms with Crippen molar-refractivity contribution in [3.05, 3.63) is 107 Å². The number of likely N-dealkylation sites (N-methyl/N-ethyl adjacent to an activating group) is 2. The highest BCUT2D eigenvalue weighted by Crippen LogP contribution is 2.49. The second-order valence-electron chi connectivity index (χ2n) is 13.1. The van der Waals surface area contributed by atoms with Crippen molar-refractivity contribution < 1.29 is 38.0 Å². The zero-order valence-corrected chi connectivity index (χ0v) is 33.1. The van der Waals surface area contributed by atoms with E-state index in [1.807, 2.05) is 86.9 Å². The van der Waals surface area contributed by atoms with Crippen LogP contribution in [-0.4, -0.2) is 90.5 Å². The van der Waals surface area contributed by atoms with Crippen LogP contribution in [0.4, 0.5) is 0 Å². The molecular weight excluding hydrogens is 725 g/mol. The Bertz CT molecular complexity index is 1830. The summed E-state index contributed by atoms with van der Waals surface area (Å²) in [5.74, 6) is 1.05. The summed E-state index contributed by atoms with van der Waals surface area (Å²) in [4.78, 5) is 35.0. The fourth-order valence-electron chi connectivity index (χ4n) is 6.80. The molecule has 0 bridgehead atoms. The van der Waals surface area contributed by atoms with Gasteiger partial charge in [-0.05, 0) is 74.5 Å². The first-order valence-corrected chi connectivity index (χ1v) is 19.3. The third-order valence-electron chi connectivity index (χ3n) is 9.46. The maximum absolute atomic E-state index is 13.4. The van der Waals surface area contributed by atoms with Crippen molar-refractivity contribution >= 4 is 35.5 Å². The Kier molecular flexibility index (Phi) is 13.1. The molecule has 0 aliphatic carbocycles. The van der Waals surface area contributed by atoms with Crippen LogP contribution in [0.15, 0.2) is 105 Å². The molecule has 0 spiro atoms. The average Bonchev–Trinajstić information content (AvgIpc) is 3.44. The SMILES string of the molecule is COc1cc2c(c(Sc3ccccc3)c1OC)CCN(C)CC2OC(=O)/C=C/C(=O)OC1CN(C)CCc2c1cc(OC)c(OC)c2Sc1ccccc1. The zero-order valence-electron chi connectivity index (χ0n) is 31.5. The van der Waals surface area contributed by atoms with Crippen LogP contribution in [0.1, 0.15) is 34.5 Å². The van der Waals surface area contributed by atoms with Crippen molar-refractivity contribution in [2.45, 2.75) is 44.6 Å². The lowest BCUT2D eigenvalue weighted by Gasteiger charge is -2.24. The van der Waals surface area contributed by atoms with Crippen LogP contribution in [0.5, 0.6) is 23.0 Å². The Labute approximate surface area is 325 Å². The Hall–Kier alpha value is -4.62. The topological polar surface area (TPSA) is 96.0 Å². The summed E-state index contributed by atoms with van der Waals surface area (Å²) in [5, 5.41) is 0. The van der Waals surface area contributed by atoms with E-state index in [-0.39, 0.29) is 0 Å². The minimum Gasteiger partial charge on any atom is -0.493 e. The molecule has 0 saturated heterocycles. The van der Waals surface area contributed by atoms with Gasteiger partial charge in [0, 0.05) is 59.2 Å². The van der Waals surface area contributed by atoms with E-state index in [1.54, 1.807) is 52.0 Å². The van der Waals surface area contributed by atoms with E-state index in [9.17, 15) is 9.59 Å². The van der Waals surface area contributed by atoms with Crippen LogP contribution in [0.3, 0.4) is 0 Å². The number of ether oxygens (including phenoxy) is 6. The highest BCUT2D eigenvalue weighted by molar-refractivity contribution is 7.99. The van der Waals surface area contributed by atoms with E-state index < -0.39 is 24.1 Å². The van der Waals surface area contributed by atoms with Crippen molar-refractivity contribution in [3.63, 3.8) is 0 Å². The summed E-state index contributed by atoms with van der Waals surface area (Å²) in [5.41, 5.74) is 3.73. The van der Waals surface area contributed by atoms with Gasteiger partial charge in [0.25, 0.3) is 0 Å². The van der Waals surface area contributed by atoms with Gasteiger partial charge in [-0.25, -0.2) is 9.59 Å². The maximum Gasteiger partial charge on any atom is 0.331 e. The Balaban J connectivity index is 1.25. The molecule has 0 radical (unpaired) electrons. The van der Waals surface area contributed by atoms with Crippen LogP contribution in [-0.2, 0) is 31.9 Å². The molecule has 4 aromatic rings. The minimum absolute atomic E-state index is 0.460. The molecule has 2 atom stereocenters. The molecule has 0 amide bonds. The van der Waals surface area contributed by atoms with Gasteiger partial charge in [0.15, 0.2) is 23.0 Å². The van der Waals surface area contributed by atoms with Gasteiger partial charge in [0.2, 0.25) is 0 Å². The monoisotopic (exact) mass is 770 g/mol. The number of esters is 2. The normalized spacial score (nSPS) is 17.4. The first kappa shape index (κ1) is 39.1. The van der Waals surface area contributed by atoms with Gasteiger partial charge in [0.05, 0.1) is 38.2 Å². The largest absolute Gasteiger partial charge is 0.493 e. The summed E-state index contributed by atoms with van der Waals surface area (Å²) in [7, 11) is 10.4. The number of fused-ring (bicyclic) bond motifs is 2. The number of hydrogen-bond acceptors (Lipinski definition) is 12. The maximum atomic E-state index is 13.4. The predicted octanol–water partition coefficient (Wildman–Crippen LogP) is 7.42. The quantitative estimate of drug-likeness (QED) is 0.106. The molecule has 12 heteroatoms. The van der Waals surface area contributed by atoms with Crippen molar-refractivity contribution in [1.82, 2.24) is 9.80 Å². The van der Waals surface area contributed by atoms with E-state index in [0.29, 0.717) is 36.1 Å². The van der Waals surface area contributed by atoms with Gasteiger partial charge < -0.3 is 38.2 Å². The summed E-state index contributed by atoms with van der Waals surface area (Å²) in [6, 6.07) is 23.9. The first-order chi connectivity index (χ1) is 26.2. The van der Waals surface area contributed by atoms with Gasteiger partial charge in [-0.15, -0.1) is 0 Å². The number of methoxy groups -OCH3 is 4. The van der Waals surface area contributed by atoms with Gasteiger partial charge in [-0.2, -0.15) is 0 Å². The molecular formula is C42H46N2O8S2. The van der Waals surface area contributed by atoms with Crippen LogP contribution in [0, 0.1) is 0 Å². The molecule has 284 valence electrons. The lowest BCUT2D eigenvalue weighted by atomic mass is 9.99. The second-order valence-corrected chi connectivity index (χ2v) is 15.2. The van der Waals surface area contributed by atoms with Gasteiger partial charge in [-0.3, -0.25) is 0 Å². The van der Waals surface area contributed by atoms with Crippen LogP contribution < -0.4 is 18.9 Å². The predicted molar refractivity (Wildman–Crippen MR) is 209 cm³/mol. The smallest absolute Gasteiger partial charge is 0.331 e. The Morgan fingerprint density at radius 2 is 1.00 bits per heavy atom. The minimum atomic E-state index is -0.656. The Morgan fingerprint density at radius 3 is 1.35 bits per heavy atom. The highest BCUT2D eigenvalue weighted by Gasteiger charge is 2.32. The van der Waals surface area contributed by atoms with E-state index in [4.69, 9.17) is 28.4 Å². The molecule has 6 rings (SSSR count). The number of rotatable bonds is 12. The molecule has 2 aliphatic rings. The standard InChI is InChI=1S/C42H46N2O8S2/c1-43-21-19-29-31(23-33(47-3)39(49-5)41(29)53-27-13-9-7-10-14-27)35(25-43)51-37(45)17-18-38(46)52-36-26-44(2)22-20-30-32(36)24-34(48-4)40(50-6)42(30)54-28-15-11-8-12-16-28/h7-18,23-24,35-36H,19-22,25-26H2,1-6H3/b18-17+. The molecule has 2 aliphatic heterocycles. The van der Waals surface area contributed by atoms with Crippen LogP contribution in [0.25, 0.3) is 0 Å². The van der Waals surface area contributed by atoms with Crippen LogP contribution >= 0.6 is 23.5 Å². The Morgan fingerprint density at radius 1 is 0.611 bits per heavy atom. The third-order valence-corrected chi connectivity index (χ3v) is 11.7. The van der Waals surface area contributed by atoms with Gasteiger partial charge in [-0.1, -0.05) is 59.9 Å². The fraction of sp³-hybridized carbons (Fsp3) is 0.333. The zero-order chi connectivity index (χ0) is 38.2. The van der Waals surface area contributed by atoms with Gasteiger partial charge in [0.1, 0.15) is 12.2 Å². The van der Waals surface area contributed by atoms with Gasteiger partial charge >= 0.3 is 11.9 Å². The second kappa shape index (κ2) is 18.1. The van der Waals surface area contributed by atoms with Crippen molar-refractivity contribution in [2.24, 2.45) is 0 Å². The number of benzene rings is 4. The lowest BCUT2D eigenvalue weighted by Crippen LogP contribution is -2.26. The van der Waals surface area contributed by atoms with Crippen LogP contribution in [0.2, 0.25) is 0 Å². The van der Waals surface area contributed by atoms with Crippen molar-refractivity contribution in [2.75, 3.05) is 68.7 Å². The average molecular weight is 771 g/mol. The molecule has 0 saturated carbocycles. The first-order valence-electron chi connectivity index (χ1n) is 17.7. The van der Waals surface area contributed by atoms with E-state index >= 15 is 0 Å². The number of nitrogens with zero attached hydrogens (tertiary/aromatic N) is 2. The summed E-state index contributed by atoms with van der Waals surface area (Å²) in [6.45, 7) is 2.42. The summed E-state index contributed by atoms with van der Waals surface area (Å²) < 4.78 is 35.4. The molecule has 4 aromatic carbocycles. The molecule has 2 heterocycles. The molecule has 0 N–H and O–H groups in total. The van der Waals surface area contributed by atoms with E-state index in [2.05, 4.69) is 9.80 Å². The van der Waals surface area contributed by atoms with E-state index in [0.717, 1.165) is 79.9 Å².